The minimum atomic E-state index is 0.508. The summed E-state index contributed by atoms with van der Waals surface area (Å²) >= 11 is 5.45. The van der Waals surface area contributed by atoms with Gasteiger partial charge in [0.15, 0.2) is 5.11 Å². The molecule has 3 heteroatoms. The Bertz CT molecular complexity index is 441. The summed E-state index contributed by atoms with van der Waals surface area (Å²) in [4.78, 5) is 0. The summed E-state index contributed by atoms with van der Waals surface area (Å²) in [5.74, 6) is 1.47. The third kappa shape index (κ3) is 3.95. The third-order valence-corrected chi connectivity index (χ3v) is 4.86. The van der Waals surface area contributed by atoms with Crippen molar-refractivity contribution in [1.29, 1.82) is 0 Å². The van der Waals surface area contributed by atoms with Gasteiger partial charge in [0, 0.05) is 11.7 Å². The lowest BCUT2D eigenvalue weighted by Crippen LogP contribution is -2.45. The quantitative estimate of drug-likeness (QED) is 0.809. The van der Waals surface area contributed by atoms with Gasteiger partial charge in [-0.25, -0.2) is 0 Å². The number of benzene rings is 1. The fraction of sp³-hybridized carbons (Fsp3) is 0.588. The molecule has 1 fully saturated rings. The van der Waals surface area contributed by atoms with Gasteiger partial charge in [-0.15, -0.1) is 0 Å². The van der Waals surface area contributed by atoms with Crippen molar-refractivity contribution < 1.29 is 0 Å². The second-order valence-electron chi connectivity index (χ2n) is 6.02. The molecule has 1 aromatic carbocycles. The van der Waals surface area contributed by atoms with Crippen LogP contribution in [0.4, 0.5) is 5.69 Å². The molecular formula is C17H26N2S. The first kappa shape index (κ1) is 15.3. The highest BCUT2D eigenvalue weighted by Gasteiger charge is 2.27. The van der Waals surface area contributed by atoms with Crippen molar-refractivity contribution in [1.82, 2.24) is 5.32 Å². The maximum Gasteiger partial charge on any atom is 0.171 e. The minimum Gasteiger partial charge on any atom is -0.359 e. The Labute approximate surface area is 128 Å². The van der Waals surface area contributed by atoms with Crippen molar-refractivity contribution in [2.24, 2.45) is 11.8 Å². The molecule has 0 radical (unpaired) electrons. The molecule has 2 N–H and O–H groups in total. The number of nitrogens with one attached hydrogen (secondary N) is 2. The molecule has 2 nitrogen and oxygen atoms in total. The molecule has 1 aliphatic rings. The monoisotopic (exact) mass is 290 g/mol. The van der Waals surface area contributed by atoms with Gasteiger partial charge in [0.2, 0.25) is 0 Å². The van der Waals surface area contributed by atoms with E-state index < -0.39 is 0 Å². The van der Waals surface area contributed by atoms with Crippen LogP contribution in [0.15, 0.2) is 24.3 Å². The van der Waals surface area contributed by atoms with Gasteiger partial charge in [0.1, 0.15) is 0 Å². The van der Waals surface area contributed by atoms with Crippen LogP contribution in [0.1, 0.15) is 45.6 Å². The standard InChI is InChI=1S/C17H26N2S/c1-4-14-8-10-15(11-9-14)18-17(20)19-16-7-5-6-12(2)13(16)3/h8-13,16H,4-7H2,1-3H3,(H2,18,19,20)/t12-,13-,16-/m0/s1. The Morgan fingerprint density at radius 1 is 1.20 bits per heavy atom. The maximum atomic E-state index is 5.45. The molecule has 0 aliphatic heterocycles. The molecule has 3 atom stereocenters. The van der Waals surface area contributed by atoms with E-state index in [0.717, 1.165) is 23.1 Å². The molecule has 110 valence electrons. The van der Waals surface area contributed by atoms with Crippen LogP contribution in [0, 0.1) is 11.8 Å². The van der Waals surface area contributed by atoms with Crippen LogP contribution in [0.25, 0.3) is 0 Å². The van der Waals surface area contributed by atoms with Crippen molar-refractivity contribution in [3.05, 3.63) is 29.8 Å². The van der Waals surface area contributed by atoms with E-state index in [4.69, 9.17) is 12.2 Å². The number of hydrogen-bond acceptors (Lipinski definition) is 1. The summed E-state index contributed by atoms with van der Waals surface area (Å²) in [7, 11) is 0. The van der Waals surface area contributed by atoms with Gasteiger partial charge >= 0.3 is 0 Å². The minimum absolute atomic E-state index is 0.508. The third-order valence-electron chi connectivity index (χ3n) is 4.64. The van der Waals surface area contributed by atoms with E-state index in [0.29, 0.717) is 12.0 Å². The molecule has 0 aromatic heterocycles. The first-order valence-corrected chi connectivity index (χ1v) is 8.17. The Balaban J connectivity index is 1.88. The van der Waals surface area contributed by atoms with Crippen molar-refractivity contribution in [3.8, 4) is 0 Å². The van der Waals surface area contributed by atoms with Crippen LogP contribution in [0.5, 0.6) is 0 Å². The van der Waals surface area contributed by atoms with Crippen LogP contribution in [-0.4, -0.2) is 11.2 Å². The fourth-order valence-electron chi connectivity index (χ4n) is 2.95. The summed E-state index contributed by atoms with van der Waals surface area (Å²) in [5, 5.41) is 7.54. The fourth-order valence-corrected chi connectivity index (χ4v) is 3.21. The Hall–Kier alpha value is -1.09. The number of anilines is 1. The Kier molecular flexibility index (Phi) is 5.41. The highest BCUT2D eigenvalue weighted by molar-refractivity contribution is 7.80. The summed E-state index contributed by atoms with van der Waals surface area (Å²) in [6.07, 6.45) is 4.94. The van der Waals surface area contributed by atoms with Crippen LogP contribution in [0.2, 0.25) is 0 Å². The average Bonchev–Trinajstić information content (AvgIpc) is 2.45. The molecule has 0 amide bonds. The van der Waals surface area contributed by atoms with E-state index in [2.05, 4.69) is 55.7 Å². The van der Waals surface area contributed by atoms with Gasteiger partial charge in [-0.05, 0) is 54.6 Å². The SMILES string of the molecule is CCc1ccc(NC(=S)N[C@H]2CCC[C@H](C)[C@@H]2C)cc1. The van der Waals surface area contributed by atoms with E-state index in [9.17, 15) is 0 Å². The van der Waals surface area contributed by atoms with E-state index in [1.807, 2.05) is 0 Å². The van der Waals surface area contributed by atoms with Gasteiger partial charge < -0.3 is 10.6 Å². The summed E-state index contributed by atoms with van der Waals surface area (Å²) < 4.78 is 0. The Morgan fingerprint density at radius 2 is 1.90 bits per heavy atom. The average molecular weight is 290 g/mol. The highest BCUT2D eigenvalue weighted by atomic mass is 32.1. The van der Waals surface area contributed by atoms with Crippen molar-refractivity contribution in [2.45, 2.75) is 52.5 Å². The van der Waals surface area contributed by atoms with E-state index in [1.54, 1.807) is 0 Å². The van der Waals surface area contributed by atoms with Gasteiger partial charge in [-0.2, -0.15) is 0 Å². The van der Waals surface area contributed by atoms with E-state index >= 15 is 0 Å². The largest absolute Gasteiger partial charge is 0.359 e. The molecule has 0 spiro atoms. The zero-order valence-corrected chi connectivity index (χ0v) is 13.6. The topological polar surface area (TPSA) is 24.1 Å². The molecule has 1 saturated carbocycles. The van der Waals surface area contributed by atoms with E-state index in [1.165, 1.54) is 24.8 Å². The lowest BCUT2D eigenvalue weighted by atomic mass is 9.78. The normalized spacial score (nSPS) is 26.1. The number of thiocarbonyl (C=S) groups is 1. The van der Waals surface area contributed by atoms with Gasteiger partial charge in [0.25, 0.3) is 0 Å². The molecule has 0 heterocycles. The molecule has 0 unspecified atom stereocenters. The second kappa shape index (κ2) is 7.07. The number of hydrogen-bond donors (Lipinski definition) is 2. The molecule has 1 aromatic rings. The van der Waals surface area contributed by atoms with Crippen LogP contribution < -0.4 is 10.6 Å². The van der Waals surface area contributed by atoms with Crippen LogP contribution in [-0.2, 0) is 6.42 Å². The van der Waals surface area contributed by atoms with Gasteiger partial charge in [-0.1, -0.05) is 45.7 Å². The zero-order valence-electron chi connectivity index (χ0n) is 12.8. The van der Waals surface area contributed by atoms with Crippen LogP contribution in [0.3, 0.4) is 0 Å². The first-order valence-electron chi connectivity index (χ1n) is 7.76. The van der Waals surface area contributed by atoms with Gasteiger partial charge in [-0.3, -0.25) is 0 Å². The lowest BCUT2D eigenvalue weighted by Gasteiger charge is -2.35. The Morgan fingerprint density at radius 3 is 2.55 bits per heavy atom. The van der Waals surface area contributed by atoms with Gasteiger partial charge in [0.05, 0.1) is 0 Å². The molecule has 0 saturated heterocycles. The predicted octanol–water partition coefficient (Wildman–Crippen LogP) is 4.36. The maximum absolute atomic E-state index is 5.45. The van der Waals surface area contributed by atoms with Crippen molar-refractivity contribution in [3.63, 3.8) is 0 Å². The second-order valence-corrected chi connectivity index (χ2v) is 6.43. The molecular weight excluding hydrogens is 264 g/mol. The predicted molar refractivity (Wildman–Crippen MR) is 91.1 cm³/mol. The van der Waals surface area contributed by atoms with Crippen molar-refractivity contribution >= 4 is 23.0 Å². The number of aryl methyl sites for hydroxylation is 1. The highest BCUT2D eigenvalue weighted by Crippen LogP contribution is 2.29. The number of rotatable bonds is 3. The van der Waals surface area contributed by atoms with E-state index in [-0.39, 0.29) is 0 Å². The molecule has 0 bridgehead atoms. The van der Waals surface area contributed by atoms with Crippen molar-refractivity contribution in [2.75, 3.05) is 5.32 Å². The summed E-state index contributed by atoms with van der Waals surface area (Å²) in [6, 6.07) is 9.00. The van der Waals surface area contributed by atoms with Crippen LogP contribution >= 0.6 is 12.2 Å². The molecule has 1 aliphatic carbocycles. The zero-order chi connectivity index (χ0) is 14.5. The lowest BCUT2D eigenvalue weighted by molar-refractivity contribution is 0.225. The summed E-state index contributed by atoms with van der Waals surface area (Å²) in [5.41, 5.74) is 2.42. The summed E-state index contributed by atoms with van der Waals surface area (Å²) in [6.45, 7) is 6.85. The molecule has 20 heavy (non-hydrogen) atoms. The first-order chi connectivity index (χ1) is 9.60. The molecule has 2 rings (SSSR count). The smallest absolute Gasteiger partial charge is 0.171 e.